The van der Waals surface area contributed by atoms with Crippen molar-refractivity contribution in [3.63, 3.8) is 0 Å². The van der Waals surface area contributed by atoms with E-state index in [9.17, 15) is 5.11 Å². The van der Waals surface area contributed by atoms with E-state index in [-0.39, 0.29) is 5.41 Å². The number of rotatable bonds is 5. The number of hydrogen-bond acceptors (Lipinski definition) is 1. The van der Waals surface area contributed by atoms with Gasteiger partial charge in [0.1, 0.15) is 5.75 Å². The topological polar surface area (TPSA) is 20.2 Å². The van der Waals surface area contributed by atoms with E-state index in [4.69, 9.17) is 0 Å². The quantitative estimate of drug-likeness (QED) is 0.264. The van der Waals surface area contributed by atoms with E-state index in [2.05, 4.69) is 103 Å². The van der Waals surface area contributed by atoms with Crippen LogP contribution in [0, 0.1) is 47.5 Å². The van der Waals surface area contributed by atoms with E-state index in [0.717, 1.165) is 23.5 Å². The Morgan fingerprint density at radius 2 is 1.15 bits per heavy atom. The van der Waals surface area contributed by atoms with Crippen LogP contribution in [0.15, 0.2) is 54.6 Å². The highest BCUT2D eigenvalue weighted by molar-refractivity contribution is 5.78. The van der Waals surface area contributed by atoms with E-state index in [1.807, 2.05) is 27.7 Å². The average Bonchev–Trinajstić information content (AvgIpc) is 3.26. The van der Waals surface area contributed by atoms with Crippen molar-refractivity contribution < 1.29 is 5.11 Å². The molecule has 4 aromatic rings. The van der Waals surface area contributed by atoms with Crippen molar-refractivity contribution in [1.29, 1.82) is 0 Å². The zero-order valence-electron chi connectivity index (χ0n) is 27.3. The molecule has 0 radical (unpaired) electrons. The van der Waals surface area contributed by atoms with E-state index in [0.29, 0.717) is 5.75 Å². The fourth-order valence-electron chi connectivity index (χ4n) is 7.52. The molecule has 216 valence electrons. The standard InChI is InChI=1S/C38H44O.C2H6/c1-22-12-30-10-11-31(20-32(30)13-22)33-16-23(2)35(24(3)17-33)34-18-25(4)36(26(5)19-34)38(8,9)21-29-14-27(6)37(39)28(7)15-29;1-2/h10-11,14-20,22,39H,12-13,21H2,1-9H3;1-2H3. The smallest absolute Gasteiger partial charge is 0.121 e. The largest absolute Gasteiger partial charge is 0.507 e. The maximum absolute atomic E-state index is 10.2. The third-order valence-electron chi connectivity index (χ3n) is 8.90. The monoisotopic (exact) mass is 546 g/mol. The average molecular weight is 547 g/mol. The van der Waals surface area contributed by atoms with Gasteiger partial charge in [-0.15, -0.1) is 0 Å². The fraction of sp³-hybridized carbons (Fsp3) is 0.400. The number of aryl methyl sites for hydroxylation is 6. The van der Waals surface area contributed by atoms with Crippen molar-refractivity contribution in [1.82, 2.24) is 0 Å². The van der Waals surface area contributed by atoms with Crippen LogP contribution in [0.1, 0.15) is 90.3 Å². The Balaban J connectivity index is 0.00000189. The maximum atomic E-state index is 10.2. The van der Waals surface area contributed by atoms with Crippen LogP contribution >= 0.6 is 0 Å². The van der Waals surface area contributed by atoms with Gasteiger partial charge in [0.05, 0.1) is 0 Å². The molecule has 1 aliphatic rings. The van der Waals surface area contributed by atoms with Crippen molar-refractivity contribution in [2.45, 2.75) is 101 Å². The van der Waals surface area contributed by atoms with Crippen LogP contribution in [0.3, 0.4) is 0 Å². The highest BCUT2D eigenvalue weighted by Crippen LogP contribution is 2.39. The minimum atomic E-state index is -0.0262. The van der Waals surface area contributed by atoms with Gasteiger partial charge >= 0.3 is 0 Å². The summed E-state index contributed by atoms with van der Waals surface area (Å²) < 4.78 is 0. The molecule has 1 unspecified atom stereocenters. The summed E-state index contributed by atoms with van der Waals surface area (Å²) in [7, 11) is 0. The van der Waals surface area contributed by atoms with Gasteiger partial charge < -0.3 is 5.11 Å². The summed E-state index contributed by atoms with van der Waals surface area (Å²) in [5, 5.41) is 10.2. The SMILES string of the molecule is CC.Cc1cc(CC(C)(C)c2c(C)cc(-c3c(C)cc(-c4ccc5c(c4)CC(C)C5)cc3C)cc2C)cc(C)c1O. The summed E-state index contributed by atoms with van der Waals surface area (Å²) in [6.07, 6.45) is 3.35. The Kier molecular flexibility index (Phi) is 8.88. The Labute approximate surface area is 249 Å². The van der Waals surface area contributed by atoms with Crippen LogP contribution in [0.2, 0.25) is 0 Å². The third-order valence-corrected chi connectivity index (χ3v) is 8.90. The molecule has 5 rings (SSSR count). The second-order valence-electron chi connectivity index (χ2n) is 13.1. The summed E-state index contributed by atoms with van der Waals surface area (Å²) in [4.78, 5) is 0. The minimum Gasteiger partial charge on any atom is -0.507 e. The summed E-state index contributed by atoms with van der Waals surface area (Å²) in [5.41, 5.74) is 18.3. The number of phenols is 1. The van der Waals surface area contributed by atoms with Gasteiger partial charge in [0.15, 0.2) is 0 Å². The van der Waals surface area contributed by atoms with E-state index in [1.54, 1.807) is 0 Å². The molecule has 1 atom stereocenters. The zero-order chi connectivity index (χ0) is 30.2. The number of fused-ring (bicyclic) bond motifs is 1. The van der Waals surface area contributed by atoms with Gasteiger partial charge in [0.2, 0.25) is 0 Å². The lowest BCUT2D eigenvalue weighted by molar-refractivity contribution is 0.465. The summed E-state index contributed by atoms with van der Waals surface area (Å²) in [5.74, 6) is 1.17. The Morgan fingerprint density at radius 3 is 1.71 bits per heavy atom. The molecule has 0 aliphatic heterocycles. The molecule has 1 N–H and O–H groups in total. The highest BCUT2D eigenvalue weighted by atomic mass is 16.3. The first-order valence-corrected chi connectivity index (χ1v) is 15.5. The first-order valence-electron chi connectivity index (χ1n) is 15.5. The zero-order valence-corrected chi connectivity index (χ0v) is 27.3. The van der Waals surface area contributed by atoms with Gasteiger partial charge in [-0.25, -0.2) is 0 Å². The molecule has 41 heavy (non-hydrogen) atoms. The van der Waals surface area contributed by atoms with Crippen molar-refractivity contribution in [2.24, 2.45) is 5.92 Å². The van der Waals surface area contributed by atoms with Crippen LogP contribution in [0.4, 0.5) is 0 Å². The fourth-order valence-corrected chi connectivity index (χ4v) is 7.52. The van der Waals surface area contributed by atoms with E-state index in [1.165, 1.54) is 79.6 Å². The number of phenolic OH excluding ortho intramolecular Hbond substituents is 1. The Bertz CT molecular complexity index is 1510. The summed E-state index contributed by atoms with van der Waals surface area (Å²) >= 11 is 0. The second-order valence-corrected chi connectivity index (χ2v) is 13.1. The predicted molar refractivity (Wildman–Crippen MR) is 178 cm³/mol. The molecule has 0 bridgehead atoms. The van der Waals surface area contributed by atoms with Crippen molar-refractivity contribution in [3.8, 4) is 28.0 Å². The lowest BCUT2D eigenvalue weighted by Gasteiger charge is -2.30. The maximum Gasteiger partial charge on any atom is 0.121 e. The van der Waals surface area contributed by atoms with E-state index >= 15 is 0 Å². The van der Waals surface area contributed by atoms with Crippen LogP contribution < -0.4 is 0 Å². The normalized spacial score (nSPS) is 14.5. The predicted octanol–water partition coefficient (Wildman–Crippen LogP) is 10.9. The molecule has 0 saturated carbocycles. The molecule has 0 aromatic heterocycles. The molecule has 4 aromatic carbocycles. The van der Waals surface area contributed by atoms with Gasteiger partial charge in [0.25, 0.3) is 0 Å². The summed E-state index contributed by atoms with van der Waals surface area (Å²) in [6, 6.07) is 20.9. The number of benzene rings is 4. The van der Waals surface area contributed by atoms with Crippen molar-refractivity contribution in [2.75, 3.05) is 0 Å². The number of aromatic hydroxyl groups is 1. The van der Waals surface area contributed by atoms with Gasteiger partial charge in [-0.3, -0.25) is 0 Å². The molecule has 0 spiro atoms. The molecule has 0 saturated heterocycles. The molecule has 0 heterocycles. The minimum absolute atomic E-state index is 0.0262. The molecular weight excluding hydrogens is 496 g/mol. The van der Waals surface area contributed by atoms with E-state index < -0.39 is 0 Å². The Hall–Kier alpha value is -3.32. The van der Waals surface area contributed by atoms with Gasteiger partial charge in [-0.05, 0) is 150 Å². The summed E-state index contributed by atoms with van der Waals surface area (Å²) in [6.45, 7) is 24.1. The molecule has 0 fully saturated rings. The van der Waals surface area contributed by atoms with Crippen LogP contribution in [-0.2, 0) is 24.7 Å². The van der Waals surface area contributed by atoms with Crippen molar-refractivity contribution in [3.05, 3.63) is 110 Å². The molecular formula is C40H50O. The Morgan fingerprint density at radius 1 is 0.634 bits per heavy atom. The lowest BCUT2D eigenvalue weighted by atomic mass is 9.74. The molecule has 1 heteroatoms. The van der Waals surface area contributed by atoms with Gasteiger partial charge in [-0.2, -0.15) is 0 Å². The first-order chi connectivity index (χ1) is 19.3. The third kappa shape index (κ3) is 6.15. The first kappa shape index (κ1) is 30.6. The second kappa shape index (κ2) is 11.9. The molecule has 1 aliphatic carbocycles. The number of hydrogen-bond donors (Lipinski definition) is 1. The highest BCUT2D eigenvalue weighted by Gasteiger charge is 2.26. The van der Waals surface area contributed by atoms with Gasteiger partial charge in [-0.1, -0.05) is 89.2 Å². The lowest BCUT2D eigenvalue weighted by Crippen LogP contribution is -2.23. The van der Waals surface area contributed by atoms with Crippen LogP contribution in [0.5, 0.6) is 5.75 Å². The molecule has 1 nitrogen and oxygen atoms in total. The van der Waals surface area contributed by atoms with Crippen LogP contribution in [-0.4, -0.2) is 5.11 Å². The van der Waals surface area contributed by atoms with Crippen molar-refractivity contribution >= 4 is 0 Å². The van der Waals surface area contributed by atoms with Gasteiger partial charge in [0, 0.05) is 0 Å². The van der Waals surface area contributed by atoms with Crippen LogP contribution in [0.25, 0.3) is 22.3 Å². The molecule has 0 amide bonds.